The first-order valence-electron chi connectivity index (χ1n) is 5.57. The fourth-order valence-electron chi connectivity index (χ4n) is 2.38. The third-order valence-electron chi connectivity index (χ3n) is 3.49. The SMILES string of the molecule is O=C(O)CC1(c2cc3c(c(Br)c2O)OCO3)CC1. The molecule has 1 fully saturated rings. The van der Waals surface area contributed by atoms with Crippen molar-refractivity contribution in [3.8, 4) is 17.2 Å². The van der Waals surface area contributed by atoms with Crippen LogP contribution in [0.5, 0.6) is 17.2 Å². The quantitative estimate of drug-likeness (QED) is 0.896. The van der Waals surface area contributed by atoms with Crippen LogP contribution < -0.4 is 9.47 Å². The number of aliphatic carboxylic acids is 1. The average molecular weight is 315 g/mol. The van der Waals surface area contributed by atoms with Gasteiger partial charge >= 0.3 is 5.97 Å². The summed E-state index contributed by atoms with van der Waals surface area (Å²) in [6, 6.07) is 1.69. The first-order chi connectivity index (χ1) is 8.53. The van der Waals surface area contributed by atoms with E-state index < -0.39 is 11.4 Å². The van der Waals surface area contributed by atoms with Gasteiger partial charge in [-0.15, -0.1) is 0 Å². The van der Waals surface area contributed by atoms with E-state index in [0.29, 0.717) is 21.5 Å². The number of ether oxygens (including phenoxy) is 2. The molecule has 1 aliphatic carbocycles. The Hall–Kier alpha value is -1.43. The van der Waals surface area contributed by atoms with E-state index in [9.17, 15) is 9.90 Å². The summed E-state index contributed by atoms with van der Waals surface area (Å²) < 4.78 is 11.0. The Morgan fingerprint density at radius 2 is 2.17 bits per heavy atom. The molecule has 96 valence electrons. The van der Waals surface area contributed by atoms with Gasteiger partial charge in [0.25, 0.3) is 0 Å². The highest BCUT2D eigenvalue weighted by Gasteiger charge is 2.49. The second-order valence-electron chi connectivity index (χ2n) is 4.67. The van der Waals surface area contributed by atoms with E-state index in [1.165, 1.54) is 0 Å². The third kappa shape index (κ3) is 1.63. The summed E-state index contributed by atoms with van der Waals surface area (Å²) in [6.07, 6.45) is 1.55. The molecule has 1 aliphatic heterocycles. The summed E-state index contributed by atoms with van der Waals surface area (Å²) in [7, 11) is 0. The minimum atomic E-state index is -0.860. The predicted molar refractivity (Wildman–Crippen MR) is 65.1 cm³/mol. The Morgan fingerprint density at radius 3 is 2.78 bits per heavy atom. The van der Waals surface area contributed by atoms with Gasteiger partial charge in [0.05, 0.1) is 6.42 Å². The van der Waals surface area contributed by atoms with Crippen molar-refractivity contribution in [2.24, 2.45) is 0 Å². The Labute approximate surface area is 111 Å². The average Bonchev–Trinajstić information content (AvgIpc) is 2.91. The second-order valence-corrected chi connectivity index (χ2v) is 5.46. The summed E-state index contributed by atoms with van der Waals surface area (Å²) >= 11 is 3.27. The zero-order valence-corrected chi connectivity index (χ0v) is 11.0. The van der Waals surface area contributed by atoms with Crippen molar-refractivity contribution >= 4 is 21.9 Å². The number of phenols is 1. The number of hydrogen-bond donors (Lipinski definition) is 2. The number of carbonyl (C=O) groups is 1. The molecule has 0 saturated heterocycles. The van der Waals surface area contributed by atoms with Crippen LogP contribution in [0.25, 0.3) is 0 Å². The molecule has 1 saturated carbocycles. The van der Waals surface area contributed by atoms with Crippen molar-refractivity contribution in [3.05, 3.63) is 16.1 Å². The highest BCUT2D eigenvalue weighted by Crippen LogP contribution is 2.58. The molecule has 6 heteroatoms. The number of hydrogen-bond acceptors (Lipinski definition) is 4. The number of benzene rings is 1. The molecule has 0 aromatic heterocycles. The topological polar surface area (TPSA) is 76.0 Å². The fraction of sp³-hybridized carbons (Fsp3) is 0.417. The fourth-order valence-corrected chi connectivity index (χ4v) is 2.90. The molecule has 1 aromatic carbocycles. The molecule has 0 radical (unpaired) electrons. The van der Waals surface area contributed by atoms with E-state index in [1.54, 1.807) is 6.07 Å². The third-order valence-corrected chi connectivity index (χ3v) is 4.23. The van der Waals surface area contributed by atoms with Crippen LogP contribution in [0.15, 0.2) is 10.5 Å². The van der Waals surface area contributed by atoms with Crippen LogP contribution in [0.4, 0.5) is 0 Å². The smallest absolute Gasteiger partial charge is 0.304 e. The molecule has 1 heterocycles. The molecule has 2 N–H and O–H groups in total. The molecule has 3 rings (SSSR count). The van der Waals surface area contributed by atoms with E-state index >= 15 is 0 Å². The largest absolute Gasteiger partial charge is 0.506 e. The molecule has 0 bridgehead atoms. The summed E-state index contributed by atoms with van der Waals surface area (Å²) in [5.74, 6) is 0.215. The molecular formula is C12H11BrO5. The maximum atomic E-state index is 10.9. The lowest BCUT2D eigenvalue weighted by molar-refractivity contribution is -0.137. The van der Waals surface area contributed by atoms with Gasteiger partial charge in [-0.2, -0.15) is 0 Å². The highest BCUT2D eigenvalue weighted by molar-refractivity contribution is 9.10. The van der Waals surface area contributed by atoms with Crippen molar-refractivity contribution in [2.75, 3.05) is 6.79 Å². The standard InChI is InChI=1S/C12H11BrO5/c13-9-10(16)6(3-7-11(9)18-5-17-7)12(1-2-12)4-8(14)15/h3,16H,1-2,4-5H2,(H,14,15). The number of fused-ring (bicyclic) bond motifs is 1. The van der Waals surface area contributed by atoms with Crippen LogP contribution in [-0.4, -0.2) is 23.0 Å². The van der Waals surface area contributed by atoms with Gasteiger partial charge in [-0.05, 0) is 34.8 Å². The van der Waals surface area contributed by atoms with Gasteiger partial charge in [0.15, 0.2) is 11.5 Å². The molecule has 0 spiro atoms. The van der Waals surface area contributed by atoms with E-state index in [4.69, 9.17) is 14.6 Å². The van der Waals surface area contributed by atoms with Crippen LogP contribution in [0, 0.1) is 0 Å². The lowest BCUT2D eigenvalue weighted by Crippen LogP contribution is -2.13. The van der Waals surface area contributed by atoms with Gasteiger partial charge in [-0.25, -0.2) is 0 Å². The van der Waals surface area contributed by atoms with Crippen molar-refractivity contribution in [2.45, 2.75) is 24.7 Å². The van der Waals surface area contributed by atoms with Crippen molar-refractivity contribution in [3.63, 3.8) is 0 Å². The lowest BCUT2D eigenvalue weighted by atomic mass is 9.91. The van der Waals surface area contributed by atoms with Crippen LogP contribution in [-0.2, 0) is 10.2 Å². The minimum Gasteiger partial charge on any atom is -0.506 e. The molecule has 18 heavy (non-hydrogen) atoms. The summed E-state index contributed by atoms with van der Waals surface area (Å²) in [5, 5.41) is 19.1. The molecular weight excluding hydrogens is 304 g/mol. The first-order valence-corrected chi connectivity index (χ1v) is 6.36. The normalized spacial score (nSPS) is 18.7. The Bertz CT molecular complexity index is 536. The maximum absolute atomic E-state index is 10.9. The number of aromatic hydroxyl groups is 1. The minimum absolute atomic E-state index is 0.0205. The van der Waals surface area contributed by atoms with Crippen LogP contribution >= 0.6 is 15.9 Å². The van der Waals surface area contributed by atoms with E-state index in [1.807, 2.05) is 0 Å². The summed E-state index contributed by atoms with van der Waals surface area (Å²) in [5.41, 5.74) is 0.167. The van der Waals surface area contributed by atoms with Crippen LogP contribution in [0.1, 0.15) is 24.8 Å². The number of rotatable bonds is 3. The van der Waals surface area contributed by atoms with Crippen molar-refractivity contribution in [1.29, 1.82) is 0 Å². The van der Waals surface area contributed by atoms with Gasteiger partial charge in [0.2, 0.25) is 6.79 Å². The number of halogens is 1. The zero-order valence-electron chi connectivity index (χ0n) is 9.40. The van der Waals surface area contributed by atoms with E-state index in [0.717, 1.165) is 12.8 Å². The summed E-state index contributed by atoms with van der Waals surface area (Å²) in [4.78, 5) is 10.9. The van der Waals surface area contributed by atoms with Crippen LogP contribution in [0.2, 0.25) is 0 Å². The molecule has 5 nitrogen and oxygen atoms in total. The molecule has 0 unspecified atom stereocenters. The number of phenolic OH excluding ortho intramolecular Hbond substituents is 1. The molecule has 1 aromatic rings. The van der Waals surface area contributed by atoms with Gasteiger partial charge in [0.1, 0.15) is 10.2 Å². The first kappa shape index (κ1) is 11.6. The zero-order chi connectivity index (χ0) is 12.9. The Balaban J connectivity index is 2.08. The van der Waals surface area contributed by atoms with Gasteiger partial charge in [0, 0.05) is 11.0 Å². The van der Waals surface area contributed by atoms with Gasteiger partial charge in [-0.3, -0.25) is 4.79 Å². The van der Waals surface area contributed by atoms with Crippen LogP contribution in [0.3, 0.4) is 0 Å². The Morgan fingerprint density at radius 1 is 1.44 bits per heavy atom. The summed E-state index contributed by atoms with van der Waals surface area (Å²) in [6.45, 7) is 0.114. The van der Waals surface area contributed by atoms with E-state index in [-0.39, 0.29) is 19.0 Å². The maximum Gasteiger partial charge on any atom is 0.304 e. The van der Waals surface area contributed by atoms with E-state index in [2.05, 4.69) is 15.9 Å². The lowest BCUT2D eigenvalue weighted by Gasteiger charge is -2.16. The Kier molecular flexibility index (Phi) is 2.45. The van der Waals surface area contributed by atoms with Gasteiger partial charge in [-0.1, -0.05) is 0 Å². The van der Waals surface area contributed by atoms with Crippen molar-refractivity contribution < 1.29 is 24.5 Å². The van der Waals surface area contributed by atoms with Gasteiger partial charge < -0.3 is 19.7 Å². The monoisotopic (exact) mass is 314 g/mol. The highest BCUT2D eigenvalue weighted by atomic mass is 79.9. The molecule has 0 amide bonds. The molecule has 2 aliphatic rings. The number of carboxylic acids is 1. The predicted octanol–water partition coefficient (Wildman–Crippen LogP) is 2.39. The molecule has 0 atom stereocenters. The second kappa shape index (κ2) is 3.78. The van der Waals surface area contributed by atoms with Crippen molar-refractivity contribution in [1.82, 2.24) is 0 Å². The number of carboxylic acid groups (broad SMARTS) is 1.